The van der Waals surface area contributed by atoms with Gasteiger partial charge in [0.2, 0.25) is 5.88 Å². The van der Waals surface area contributed by atoms with Gasteiger partial charge in [0.25, 0.3) is 0 Å². The summed E-state index contributed by atoms with van der Waals surface area (Å²) in [4.78, 5) is 30.5. The second-order valence-electron chi connectivity index (χ2n) is 4.00. The fourth-order valence-electron chi connectivity index (χ4n) is 1.57. The lowest BCUT2D eigenvalue weighted by Crippen LogP contribution is -2.03. The molecule has 2 heterocycles. The molecule has 0 radical (unpaired) electrons. The summed E-state index contributed by atoms with van der Waals surface area (Å²) in [7, 11) is 0. The summed E-state index contributed by atoms with van der Waals surface area (Å²) >= 11 is 0.994. The standard InChI is InChI=1S/C13H13N3O4S/c1-3-20-9-5-4-8(6-14-9)15-13-16-10(12(18)19)11(21-13)7(2)17/h4-6H,3H2,1-2H3,(H,15,16)(H,18,19). The van der Waals surface area contributed by atoms with Gasteiger partial charge in [0, 0.05) is 13.0 Å². The van der Waals surface area contributed by atoms with Crippen molar-refractivity contribution in [2.75, 3.05) is 11.9 Å². The summed E-state index contributed by atoms with van der Waals surface area (Å²) in [6, 6.07) is 3.41. The van der Waals surface area contributed by atoms with Gasteiger partial charge in [-0.1, -0.05) is 11.3 Å². The van der Waals surface area contributed by atoms with Crippen LogP contribution in [0.1, 0.15) is 34.0 Å². The number of Topliss-reactive ketones (excluding diaryl/α,β-unsaturated/α-hetero) is 1. The molecule has 0 aliphatic rings. The molecule has 0 spiro atoms. The van der Waals surface area contributed by atoms with E-state index in [1.807, 2.05) is 6.92 Å². The minimum absolute atomic E-state index is 0.115. The molecular weight excluding hydrogens is 294 g/mol. The number of aromatic carboxylic acids is 1. The monoisotopic (exact) mass is 307 g/mol. The molecule has 0 bridgehead atoms. The highest BCUT2D eigenvalue weighted by atomic mass is 32.1. The van der Waals surface area contributed by atoms with Gasteiger partial charge in [0.15, 0.2) is 16.6 Å². The van der Waals surface area contributed by atoms with Crippen LogP contribution in [0.4, 0.5) is 10.8 Å². The van der Waals surface area contributed by atoms with Crippen LogP contribution in [-0.2, 0) is 0 Å². The molecule has 0 aliphatic carbocycles. The average molecular weight is 307 g/mol. The zero-order valence-corrected chi connectivity index (χ0v) is 12.2. The summed E-state index contributed by atoms with van der Waals surface area (Å²) in [6.45, 7) is 3.69. The van der Waals surface area contributed by atoms with Gasteiger partial charge in [-0.2, -0.15) is 0 Å². The van der Waals surface area contributed by atoms with E-state index in [0.29, 0.717) is 23.3 Å². The van der Waals surface area contributed by atoms with Crippen LogP contribution in [0.2, 0.25) is 0 Å². The zero-order chi connectivity index (χ0) is 15.4. The van der Waals surface area contributed by atoms with Gasteiger partial charge in [-0.15, -0.1) is 0 Å². The number of aromatic nitrogens is 2. The molecular formula is C13H13N3O4S. The minimum Gasteiger partial charge on any atom is -0.478 e. The van der Waals surface area contributed by atoms with Gasteiger partial charge in [-0.05, 0) is 13.0 Å². The van der Waals surface area contributed by atoms with Crippen LogP contribution in [0, 0.1) is 0 Å². The first-order valence-electron chi connectivity index (χ1n) is 6.12. The molecule has 0 unspecified atom stereocenters. The molecule has 2 aromatic heterocycles. The van der Waals surface area contributed by atoms with E-state index in [4.69, 9.17) is 9.84 Å². The number of carbonyl (C=O) groups excluding carboxylic acids is 1. The van der Waals surface area contributed by atoms with Gasteiger partial charge in [0.1, 0.15) is 4.88 Å². The summed E-state index contributed by atoms with van der Waals surface area (Å²) < 4.78 is 5.22. The molecule has 2 aromatic rings. The van der Waals surface area contributed by atoms with E-state index in [1.54, 1.807) is 18.3 Å². The van der Waals surface area contributed by atoms with Crippen molar-refractivity contribution in [3.8, 4) is 5.88 Å². The lowest BCUT2D eigenvalue weighted by molar-refractivity contribution is 0.0687. The van der Waals surface area contributed by atoms with Crippen LogP contribution in [0.15, 0.2) is 18.3 Å². The zero-order valence-electron chi connectivity index (χ0n) is 11.4. The van der Waals surface area contributed by atoms with Crippen LogP contribution < -0.4 is 10.1 Å². The molecule has 7 nitrogen and oxygen atoms in total. The molecule has 0 saturated heterocycles. The number of ether oxygens (including phenoxy) is 1. The van der Waals surface area contributed by atoms with Crippen molar-refractivity contribution in [1.82, 2.24) is 9.97 Å². The molecule has 0 aliphatic heterocycles. The lowest BCUT2D eigenvalue weighted by Gasteiger charge is -2.04. The second-order valence-corrected chi connectivity index (χ2v) is 5.00. The third-order valence-corrected chi connectivity index (χ3v) is 3.50. The first-order chi connectivity index (χ1) is 10.0. The van der Waals surface area contributed by atoms with Gasteiger partial charge in [-0.25, -0.2) is 14.8 Å². The number of hydrogen-bond acceptors (Lipinski definition) is 7. The maximum Gasteiger partial charge on any atom is 0.356 e. The highest BCUT2D eigenvalue weighted by molar-refractivity contribution is 7.17. The Balaban J connectivity index is 2.21. The van der Waals surface area contributed by atoms with Gasteiger partial charge >= 0.3 is 5.97 Å². The van der Waals surface area contributed by atoms with Crippen molar-refractivity contribution < 1.29 is 19.4 Å². The smallest absolute Gasteiger partial charge is 0.356 e. The largest absolute Gasteiger partial charge is 0.478 e. The van der Waals surface area contributed by atoms with Crippen molar-refractivity contribution >= 4 is 33.9 Å². The number of carbonyl (C=O) groups is 2. The fourth-order valence-corrected chi connectivity index (χ4v) is 2.44. The van der Waals surface area contributed by atoms with Crippen LogP contribution in [0.25, 0.3) is 0 Å². The number of anilines is 2. The Kier molecular flexibility index (Phi) is 4.49. The molecule has 0 saturated carbocycles. The predicted molar refractivity (Wildman–Crippen MR) is 77.8 cm³/mol. The molecule has 0 amide bonds. The van der Waals surface area contributed by atoms with E-state index < -0.39 is 5.97 Å². The minimum atomic E-state index is -1.23. The van der Waals surface area contributed by atoms with E-state index >= 15 is 0 Å². The van der Waals surface area contributed by atoms with Crippen molar-refractivity contribution in [2.45, 2.75) is 13.8 Å². The topological polar surface area (TPSA) is 101 Å². The first-order valence-corrected chi connectivity index (χ1v) is 6.93. The summed E-state index contributed by atoms with van der Waals surface area (Å²) in [5, 5.41) is 12.3. The molecule has 0 atom stereocenters. The molecule has 0 aromatic carbocycles. The molecule has 2 N–H and O–H groups in total. The predicted octanol–water partition coefficient (Wildman–Crippen LogP) is 2.58. The Morgan fingerprint density at radius 1 is 1.43 bits per heavy atom. The molecule has 2 rings (SSSR count). The third-order valence-electron chi connectivity index (χ3n) is 2.43. The number of rotatable bonds is 6. The number of carboxylic acids is 1. The molecule has 0 fully saturated rings. The number of nitrogens with one attached hydrogen (secondary N) is 1. The quantitative estimate of drug-likeness (QED) is 0.791. The van der Waals surface area contributed by atoms with Crippen molar-refractivity contribution in [3.05, 3.63) is 28.9 Å². The lowest BCUT2D eigenvalue weighted by atomic mass is 10.3. The van der Waals surface area contributed by atoms with E-state index in [1.165, 1.54) is 6.92 Å². The van der Waals surface area contributed by atoms with E-state index in [-0.39, 0.29) is 16.4 Å². The number of carboxylic acid groups (broad SMARTS) is 1. The molecule has 110 valence electrons. The molecule has 8 heteroatoms. The second kappa shape index (κ2) is 6.31. The van der Waals surface area contributed by atoms with E-state index in [9.17, 15) is 9.59 Å². The van der Waals surface area contributed by atoms with Gasteiger partial charge in [-0.3, -0.25) is 4.79 Å². The van der Waals surface area contributed by atoms with Gasteiger partial charge < -0.3 is 15.2 Å². The van der Waals surface area contributed by atoms with Crippen molar-refractivity contribution in [1.29, 1.82) is 0 Å². The van der Waals surface area contributed by atoms with E-state index in [2.05, 4.69) is 15.3 Å². The number of pyridine rings is 1. The summed E-state index contributed by atoms with van der Waals surface area (Å²) in [5.74, 6) is -1.06. The normalized spacial score (nSPS) is 10.2. The van der Waals surface area contributed by atoms with Gasteiger partial charge in [0.05, 0.1) is 18.5 Å². The van der Waals surface area contributed by atoms with E-state index in [0.717, 1.165) is 11.3 Å². The maximum atomic E-state index is 11.4. The Morgan fingerprint density at radius 2 is 2.19 bits per heavy atom. The number of thiazole rings is 1. The highest BCUT2D eigenvalue weighted by Gasteiger charge is 2.20. The van der Waals surface area contributed by atoms with Crippen LogP contribution >= 0.6 is 11.3 Å². The number of hydrogen-bond donors (Lipinski definition) is 2. The SMILES string of the molecule is CCOc1ccc(Nc2nc(C(=O)O)c(C(C)=O)s2)cn1. The maximum absolute atomic E-state index is 11.4. The van der Waals surface area contributed by atoms with Crippen molar-refractivity contribution in [2.24, 2.45) is 0 Å². The molecule has 21 heavy (non-hydrogen) atoms. The summed E-state index contributed by atoms with van der Waals surface area (Å²) in [5.41, 5.74) is 0.383. The van der Waals surface area contributed by atoms with Crippen LogP contribution in [-0.4, -0.2) is 33.4 Å². The van der Waals surface area contributed by atoms with Crippen LogP contribution in [0.3, 0.4) is 0 Å². The van der Waals surface area contributed by atoms with Crippen LogP contribution in [0.5, 0.6) is 5.88 Å². The number of ketones is 1. The Hall–Kier alpha value is -2.48. The fraction of sp³-hybridized carbons (Fsp3) is 0.231. The number of nitrogens with zero attached hydrogens (tertiary/aromatic N) is 2. The first kappa shape index (κ1) is 14.9. The third kappa shape index (κ3) is 3.54. The average Bonchev–Trinajstić information content (AvgIpc) is 2.86. The Bertz CT molecular complexity index is 635. The summed E-state index contributed by atoms with van der Waals surface area (Å²) in [6.07, 6.45) is 1.54. The Labute approximate surface area is 124 Å². The van der Waals surface area contributed by atoms with Crippen molar-refractivity contribution in [3.63, 3.8) is 0 Å². The Morgan fingerprint density at radius 3 is 2.67 bits per heavy atom. The highest BCUT2D eigenvalue weighted by Crippen LogP contribution is 2.26.